The van der Waals surface area contributed by atoms with Gasteiger partial charge in [-0.2, -0.15) is 5.10 Å². The average molecular weight is 206 g/mol. The van der Waals surface area contributed by atoms with Gasteiger partial charge in [0.15, 0.2) is 0 Å². The van der Waals surface area contributed by atoms with E-state index in [-0.39, 0.29) is 0 Å². The zero-order valence-corrected chi connectivity index (χ0v) is 8.51. The molecule has 0 fully saturated rings. The van der Waals surface area contributed by atoms with Crippen LogP contribution in [0.15, 0.2) is 18.3 Å². The largest absolute Gasteiger partial charge is 0.497 e. The number of hydrogen-bond donors (Lipinski definition) is 2. The quantitative estimate of drug-likeness (QED) is 0.635. The van der Waals surface area contributed by atoms with Gasteiger partial charge in [-0.3, -0.25) is 4.68 Å². The van der Waals surface area contributed by atoms with Crippen LogP contribution in [0.1, 0.15) is 0 Å². The Kier molecular flexibility index (Phi) is 2.38. The van der Waals surface area contributed by atoms with E-state index in [0.29, 0.717) is 16.7 Å². The van der Waals surface area contributed by atoms with Gasteiger partial charge in [-0.05, 0) is 12.1 Å². The van der Waals surface area contributed by atoms with Gasteiger partial charge in [0, 0.05) is 24.1 Å². The molecule has 2 aromatic rings. The number of aromatic nitrogens is 2. The molecule has 0 unspecified atom stereocenters. The lowest BCUT2D eigenvalue weighted by atomic mass is 9.79. The van der Waals surface area contributed by atoms with Crippen LogP contribution >= 0.6 is 0 Å². The van der Waals surface area contributed by atoms with Gasteiger partial charge in [0.2, 0.25) is 0 Å². The molecule has 1 aromatic carbocycles. The van der Waals surface area contributed by atoms with Crippen molar-refractivity contribution < 1.29 is 14.8 Å². The van der Waals surface area contributed by atoms with Gasteiger partial charge in [-0.1, -0.05) is 0 Å². The van der Waals surface area contributed by atoms with Crippen LogP contribution in [0.25, 0.3) is 10.9 Å². The van der Waals surface area contributed by atoms with Crippen LogP contribution in [0.5, 0.6) is 5.75 Å². The Bertz CT molecular complexity index is 495. The molecule has 0 aliphatic heterocycles. The number of fused-ring (bicyclic) bond motifs is 1. The second kappa shape index (κ2) is 3.56. The normalized spacial score (nSPS) is 10.7. The molecule has 78 valence electrons. The van der Waals surface area contributed by atoms with Gasteiger partial charge in [-0.25, -0.2) is 0 Å². The molecule has 2 N–H and O–H groups in total. The monoisotopic (exact) mass is 206 g/mol. The summed E-state index contributed by atoms with van der Waals surface area (Å²) in [4.78, 5) is 0. The molecule has 1 aromatic heterocycles. The van der Waals surface area contributed by atoms with Crippen LogP contribution in [0.4, 0.5) is 0 Å². The van der Waals surface area contributed by atoms with Gasteiger partial charge < -0.3 is 14.8 Å². The van der Waals surface area contributed by atoms with Crippen molar-refractivity contribution in [3.63, 3.8) is 0 Å². The fourth-order valence-electron chi connectivity index (χ4n) is 1.57. The lowest BCUT2D eigenvalue weighted by Crippen LogP contribution is -2.31. The summed E-state index contributed by atoms with van der Waals surface area (Å²) in [5.41, 5.74) is 1.03. The van der Waals surface area contributed by atoms with Gasteiger partial charge in [0.25, 0.3) is 0 Å². The van der Waals surface area contributed by atoms with Crippen molar-refractivity contribution in [2.75, 3.05) is 7.11 Å². The minimum atomic E-state index is -1.55. The molecule has 0 aliphatic carbocycles. The number of hydrogen-bond acceptors (Lipinski definition) is 4. The summed E-state index contributed by atoms with van der Waals surface area (Å²) < 4.78 is 6.73. The number of nitrogens with zero attached hydrogens (tertiary/aromatic N) is 2. The first-order chi connectivity index (χ1) is 7.11. The van der Waals surface area contributed by atoms with E-state index in [2.05, 4.69) is 5.10 Å². The van der Waals surface area contributed by atoms with E-state index in [4.69, 9.17) is 14.8 Å². The first-order valence-corrected chi connectivity index (χ1v) is 4.49. The van der Waals surface area contributed by atoms with E-state index < -0.39 is 7.12 Å². The molecular weight excluding hydrogens is 195 g/mol. The molecule has 0 atom stereocenters. The molecule has 0 spiro atoms. The number of methoxy groups -OCH3 is 1. The van der Waals surface area contributed by atoms with Crippen LogP contribution in [0, 0.1) is 0 Å². The van der Waals surface area contributed by atoms with E-state index in [1.807, 2.05) is 13.2 Å². The van der Waals surface area contributed by atoms with E-state index in [0.717, 1.165) is 5.39 Å². The molecule has 0 bridgehead atoms. The van der Waals surface area contributed by atoms with Crippen LogP contribution in [0.3, 0.4) is 0 Å². The zero-order chi connectivity index (χ0) is 11.0. The van der Waals surface area contributed by atoms with E-state index in [1.54, 1.807) is 16.8 Å². The zero-order valence-electron chi connectivity index (χ0n) is 8.51. The number of rotatable bonds is 2. The number of aryl methyl sites for hydroxylation is 1. The Morgan fingerprint density at radius 1 is 1.40 bits per heavy atom. The highest BCUT2D eigenvalue weighted by molar-refractivity contribution is 6.60. The van der Waals surface area contributed by atoms with Crippen LogP contribution < -0.4 is 10.2 Å². The Balaban J connectivity index is 2.68. The van der Waals surface area contributed by atoms with E-state index in [9.17, 15) is 0 Å². The molecular formula is C9H11BN2O3. The Morgan fingerprint density at radius 3 is 2.73 bits per heavy atom. The fraction of sp³-hybridized carbons (Fsp3) is 0.222. The first-order valence-electron chi connectivity index (χ1n) is 4.49. The molecule has 6 heteroatoms. The Hall–Kier alpha value is -1.53. The second-order valence-electron chi connectivity index (χ2n) is 3.33. The lowest BCUT2D eigenvalue weighted by Gasteiger charge is -2.06. The topological polar surface area (TPSA) is 67.5 Å². The average Bonchev–Trinajstić information content (AvgIpc) is 2.54. The summed E-state index contributed by atoms with van der Waals surface area (Å²) in [6.07, 6.45) is 1.84. The second-order valence-corrected chi connectivity index (χ2v) is 3.33. The summed E-state index contributed by atoms with van der Waals surface area (Å²) >= 11 is 0. The Morgan fingerprint density at radius 2 is 2.13 bits per heavy atom. The minimum Gasteiger partial charge on any atom is -0.497 e. The molecule has 15 heavy (non-hydrogen) atoms. The van der Waals surface area contributed by atoms with Crippen molar-refractivity contribution in [1.29, 1.82) is 0 Å². The summed E-state index contributed by atoms with van der Waals surface area (Å²) in [5.74, 6) is 0.450. The van der Waals surface area contributed by atoms with Gasteiger partial charge in [-0.15, -0.1) is 0 Å². The Labute approximate surface area is 87.0 Å². The maximum Gasteiger partial charge on any atom is 0.492 e. The maximum absolute atomic E-state index is 9.14. The summed E-state index contributed by atoms with van der Waals surface area (Å²) in [5, 5.41) is 23.4. The smallest absolute Gasteiger partial charge is 0.492 e. The van der Waals surface area contributed by atoms with Crippen molar-refractivity contribution in [3.8, 4) is 5.75 Å². The van der Waals surface area contributed by atoms with Crippen molar-refractivity contribution in [1.82, 2.24) is 9.78 Å². The SMILES string of the molecule is COc1cc2cn(C)nc2cc1B(O)O. The number of ether oxygens (including phenoxy) is 1. The first kappa shape index (κ1) is 10.0. The molecule has 0 radical (unpaired) electrons. The van der Waals surface area contributed by atoms with E-state index >= 15 is 0 Å². The summed E-state index contributed by atoms with van der Waals surface area (Å²) in [6.45, 7) is 0. The summed E-state index contributed by atoms with van der Waals surface area (Å²) in [7, 11) is 1.75. The molecule has 0 saturated heterocycles. The fourth-order valence-corrected chi connectivity index (χ4v) is 1.57. The molecule has 0 saturated carbocycles. The molecule has 0 amide bonds. The molecule has 2 rings (SSSR count). The summed E-state index contributed by atoms with van der Waals surface area (Å²) in [6, 6.07) is 3.34. The standard InChI is InChI=1S/C9H11BN2O3/c1-12-5-6-3-9(15-2)7(10(13)14)4-8(6)11-12/h3-5,13-14H,1-2H3. The molecule has 0 aliphatic rings. The van der Waals surface area contributed by atoms with Crippen molar-refractivity contribution in [2.24, 2.45) is 7.05 Å². The van der Waals surface area contributed by atoms with Crippen LogP contribution in [-0.4, -0.2) is 34.1 Å². The van der Waals surface area contributed by atoms with E-state index in [1.165, 1.54) is 7.11 Å². The van der Waals surface area contributed by atoms with Crippen molar-refractivity contribution >= 4 is 23.5 Å². The molecule has 1 heterocycles. The van der Waals surface area contributed by atoms with Crippen molar-refractivity contribution in [3.05, 3.63) is 18.3 Å². The highest BCUT2D eigenvalue weighted by Crippen LogP contribution is 2.17. The van der Waals surface area contributed by atoms with Crippen LogP contribution in [-0.2, 0) is 7.05 Å². The lowest BCUT2D eigenvalue weighted by molar-refractivity contribution is 0.403. The van der Waals surface area contributed by atoms with Gasteiger partial charge in [0.05, 0.1) is 12.6 Å². The molecule has 5 nitrogen and oxygen atoms in total. The third-order valence-electron chi connectivity index (χ3n) is 2.25. The highest BCUT2D eigenvalue weighted by Gasteiger charge is 2.18. The van der Waals surface area contributed by atoms with Gasteiger partial charge in [0.1, 0.15) is 5.75 Å². The predicted octanol–water partition coefficient (Wildman–Crippen LogP) is -0.738. The third-order valence-corrected chi connectivity index (χ3v) is 2.25. The maximum atomic E-state index is 9.14. The minimum absolute atomic E-state index is 0.323. The number of benzene rings is 1. The van der Waals surface area contributed by atoms with Crippen molar-refractivity contribution in [2.45, 2.75) is 0 Å². The van der Waals surface area contributed by atoms with Gasteiger partial charge >= 0.3 is 7.12 Å². The van der Waals surface area contributed by atoms with Crippen LogP contribution in [0.2, 0.25) is 0 Å². The predicted molar refractivity (Wildman–Crippen MR) is 57.1 cm³/mol. The highest BCUT2D eigenvalue weighted by atomic mass is 16.5. The third kappa shape index (κ3) is 1.69.